The van der Waals surface area contributed by atoms with Crippen LogP contribution in [0.25, 0.3) is 0 Å². The molecule has 0 radical (unpaired) electrons. The first-order valence-corrected chi connectivity index (χ1v) is 2.21. The summed E-state index contributed by atoms with van der Waals surface area (Å²) in [6.07, 6.45) is 3.65. The number of rotatable bonds is 2. The van der Waals surface area contributed by atoms with Crippen molar-refractivity contribution in [3.8, 4) is 0 Å². The van der Waals surface area contributed by atoms with Gasteiger partial charge >= 0.3 is 0 Å². The Kier molecular flexibility index (Phi) is 137. The summed E-state index contributed by atoms with van der Waals surface area (Å²) >= 11 is 0. The fourth-order valence-electron chi connectivity index (χ4n) is 0.250. The van der Waals surface area contributed by atoms with Gasteiger partial charge in [-0.2, -0.15) is 6.42 Å². The van der Waals surface area contributed by atoms with Crippen LogP contribution in [0.5, 0.6) is 0 Å². The standard InChI is InChI=1S/C5H11.3H2O.Zr/c1-3-5-4-2;;;;/h1,3-5H2,2H3;3*1H2;/q-1;;;;. The van der Waals surface area contributed by atoms with Gasteiger partial charge in [0, 0.05) is 26.2 Å². The third kappa shape index (κ3) is 52.5. The molecule has 0 rings (SSSR count). The van der Waals surface area contributed by atoms with E-state index in [0.717, 1.165) is 6.42 Å². The Hall–Kier alpha value is 0.763. The maximum absolute atomic E-state index is 3.68. The van der Waals surface area contributed by atoms with Crippen LogP contribution in [0.1, 0.15) is 26.2 Å². The van der Waals surface area contributed by atoms with E-state index in [-0.39, 0.29) is 42.6 Å². The number of hydrogen-bond donors (Lipinski definition) is 0. The van der Waals surface area contributed by atoms with Crippen molar-refractivity contribution in [3.05, 3.63) is 6.92 Å². The van der Waals surface area contributed by atoms with Crippen LogP contribution in [0, 0.1) is 6.92 Å². The molecule has 0 saturated heterocycles. The van der Waals surface area contributed by atoms with E-state index in [4.69, 9.17) is 0 Å². The molecule has 0 aromatic rings. The third-order valence-electron chi connectivity index (χ3n) is 0.604. The quantitative estimate of drug-likeness (QED) is 0.558. The van der Waals surface area contributed by atoms with Crippen LogP contribution in [-0.2, 0) is 26.2 Å². The first kappa shape index (κ1) is 33.0. The first-order chi connectivity index (χ1) is 2.41. The Labute approximate surface area is 75.9 Å². The molecule has 0 unspecified atom stereocenters. The van der Waals surface area contributed by atoms with Gasteiger partial charge in [0.25, 0.3) is 0 Å². The number of unbranched alkanes of at least 4 members (excludes halogenated alkanes) is 2. The maximum atomic E-state index is 3.68. The molecule has 3 nitrogen and oxygen atoms in total. The Balaban J connectivity index is -0.0000000133. The van der Waals surface area contributed by atoms with E-state index in [2.05, 4.69) is 13.8 Å². The van der Waals surface area contributed by atoms with Gasteiger partial charge in [-0.05, 0) is 0 Å². The number of hydrogen-bond acceptors (Lipinski definition) is 0. The molecule has 0 aliphatic carbocycles. The predicted octanol–water partition coefficient (Wildman–Crippen LogP) is -0.466. The predicted molar refractivity (Wildman–Crippen MR) is 35.7 cm³/mol. The van der Waals surface area contributed by atoms with Gasteiger partial charge in [-0.15, -0.1) is 0 Å². The molecule has 0 saturated carbocycles. The molecule has 4 heteroatoms. The second-order valence-corrected chi connectivity index (χ2v) is 1.21. The Bertz CT molecular complexity index is 19.7. The second-order valence-electron chi connectivity index (χ2n) is 1.21. The molecule has 0 aliphatic rings. The molecule has 0 aromatic carbocycles. The minimum absolute atomic E-state index is 0. The monoisotopic (exact) mass is 215 g/mol. The van der Waals surface area contributed by atoms with Crippen LogP contribution in [0.3, 0.4) is 0 Å². The van der Waals surface area contributed by atoms with Crippen molar-refractivity contribution in [2.45, 2.75) is 26.2 Å². The van der Waals surface area contributed by atoms with Gasteiger partial charge < -0.3 is 23.4 Å². The first-order valence-electron chi connectivity index (χ1n) is 2.21. The van der Waals surface area contributed by atoms with Crippen molar-refractivity contribution in [2.24, 2.45) is 0 Å². The van der Waals surface area contributed by atoms with Crippen molar-refractivity contribution < 1.29 is 42.6 Å². The van der Waals surface area contributed by atoms with Crippen molar-refractivity contribution in [3.63, 3.8) is 0 Å². The summed E-state index contributed by atoms with van der Waals surface area (Å²) in [5.74, 6) is 0. The maximum Gasteiger partial charge on any atom is 0 e. The van der Waals surface area contributed by atoms with E-state index in [9.17, 15) is 0 Å². The molecule has 0 bridgehead atoms. The smallest absolute Gasteiger partial charge is 0 e. The second kappa shape index (κ2) is 37.3. The Morgan fingerprint density at radius 2 is 1.44 bits per heavy atom. The van der Waals surface area contributed by atoms with Crippen LogP contribution in [0.15, 0.2) is 0 Å². The van der Waals surface area contributed by atoms with E-state index in [1.807, 2.05) is 0 Å². The normalized spacial score (nSPS) is 4.67. The Morgan fingerprint density at radius 3 is 1.44 bits per heavy atom. The fourth-order valence-corrected chi connectivity index (χ4v) is 0.250. The third-order valence-corrected chi connectivity index (χ3v) is 0.604. The minimum Gasteiger partial charge on any atom is -0.412 e. The SMILES string of the molecule is O.O.O.[CH2-]CCCC.[Zr]. The van der Waals surface area contributed by atoms with Crippen molar-refractivity contribution in [1.29, 1.82) is 0 Å². The van der Waals surface area contributed by atoms with Gasteiger partial charge in [-0.1, -0.05) is 19.8 Å². The summed E-state index contributed by atoms with van der Waals surface area (Å²) in [7, 11) is 0. The Morgan fingerprint density at radius 1 is 1.11 bits per heavy atom. The van der Waals surface area contributed by atoms with Crippen molar-refractivity contribution in [2.75, 3.05) is 0 Å². The summed E-state index contributed by atoms with van der Waals surface area (Å²) in [5.41, 5.74) is 0. The molecule has 0 heterocycles. The zero-order valence-corrected chi connectivity index (χ0v) is 8.29. The summed E-state index contributed by atoms with van der Waals surface area (Å²) in [4.78, 5) is 0. The van der Waals surface area contributed by atoms with Crippen LogP contribution in [0.4, 0.5) is 0 Å². The molecule has 0 spiro atoms. The fraction of sp³-hybridized carbons (Fsp3) is 0.800. The average Bonchev–Trinajstić information content (AvgIpc) is 1.41. The van der Waals surface area contributed by atoms with Crippen LogP contribution in [-0.4, -0.2) is 16.4 Å². The summed E-state index contributed by atoms with van der Waals surface area (Å²) in [5, 5.41) is 0. The summed E-state index contributed by atoms with van der Waals surface area (Å²) < 4.78 is 0. The van der Waals surface area contributed by atoms with E-state index in [0.29, 0.717) is 0 Å². The van der Waals surface area contributed by atoms with Crippen molar-refractivity contribution >= 4 is 0 Å². The van der Waals surface area contributed by atoms with Gasteiger partial charge in [-0.25, -0.2) is 0 Å². The molecular formula is C5H17O3Zr-. The van der Waals surface area contributed by atoms with Crippen LogP contribution in [0.2, 0.25) is 0 Å². The zero-order chi connectivity index (χ0) is 4.12. The average molecular weight is 216 g/mol. The minimum atomic E-state index is 0. The molecule has 0 amide bonds. The van der Waals surface area contributed by atoms with Gasteiger partial charge in [0.15, 0.2) is 0 Å². The zero-order valence-electron chi connectivity index (χ0n) is 5.83. The molecule has 0 fully saturated rings. The summed E-state index contributed by atoms with van der Waals surface area (Å²) in [6.45, 7) is 5.85. The molecule has 60 valence electrons. The molecule has 9 heavy (non-hydrogen) atoms. The molecule has 0 aliphatic heterocycles. The van der Waals surface area contributed by atoms with Crippen molar-refractivity contribution in [1.82, 2.24) is 0 Å². The van der Waals surface area contributed by atoms with Crippen LogP contribution < -0.4 is 0 Å². The van der Waals surface area contributed by atoms with E-state index in [1.54, 1.807) is 0 Å². The molecule has 0 aromatic heterocycles. The van der Waals surface area contributed by atoms with Crippen LogP contribution >= 0.6 is 0 Å². The topological polar surface area (TPSA) is 94.5 Å². The van der Waals surface area contributed by atoms with Gasteiger partial charge in [0.1, 0.15) is 0 Å². The molecular weight excluding hydrogens is 199 g/mol. The van der Waals surface area contributed by atoms with E-state index >= 15 is 0 Å². The van der Waals surface area contributed by atoms with Gasteiger partial charge in [0.05, 0.1) is 0 Å². The van der Waals surface area contributed by atoms with E-state index in [1.165, 1.54) is 12.8 Å². The summed E-state index contributed by atoms with van der Waals surface area (Å²) in [6, 6.07) is 0. The molecule has 0 atom stereocenters. The molecule has 6 N–H and O–H groups in total. The van der Waals surface area contributed by atoms with E-state index < -0.39 is 0 Å². The van der Waals surface area contributed by atoms with Gasteiger partial charge in [0.2, 0.25) is 0 Å². The largest absolute Gasteiger partial charge is 0.412 e. The van der Waals surface area contributed by atoms with Gasteiger partial charge in [-0.3, -0.25) is 0 Å².